The van der Waals surface area contributed by atoms with Crippen molar-refractivity contribution in [2.75, 3.05) is 0 Å². The smallest absolute Gasteiger partial charge is 0.293 e. The van der Waals surface area contributed by atoms with Crippen LogP contribution in [0.2, 0.25) is 0 Å². The lowest BCUT2D eigenvalue weighted by atomic mass is 9.46. The number of allylic oxidation sites excluding steroid dienone is 1. The number of fused-ring (bicyclic) bond motifs is 5. The lowest BCUT2D eigenvalue weighted by Gasteiger charge is -2.60. The highest BCUT2D eigenvalue weighted by Gasteiger charge is 2.63. The summed E-state index contributed by atoms with van der Waals surface area (Å²) in [5.74, 6) is 1.86. The van der Waals surface area contributed by atoms with E-state index in [0.29, 0.717) is 24.7 Å². The zero-order valence-corrected chi connectivity index (χ0v) is 16.1. The fraction of sp³-hybridized carbons (Fsp3) is 0.773. The predicted octanol–water partition coefficient (Wildman–Crippen LogP) is 3.88. The second-order valence-corrected chi connectivity index (χ2v) is 9.61. The van der Waals surface area contributed by atoms with Crippen LogP contribution in [0, 0.1) is 34.5 Å². The van der Waals surface area contributed by atoms with Crippen molar-refractivity contribution in [2.24, 2.45) is 34.5 Å². The Labute approximate surface area is 155 Å². The van der Waals surface area contributed by atoms with Gasteiger partial charge in [-0.15, -0.1) is 0 Å². The van der Waals surface area contributed by atoms with Crippen molar-refractivity contribution in [1.29, 1.82) is 0 Å². The molecule has 3 saturated carbocycles. The molecule has 26 heavy (non-hydrogen) atoms. The van der Waals surface area contributed by atoms with E-state index in [0.717, 1.165) is 38.5 Å². The van der Waals surface area contributed by atoms with Crippen LogP contribution in [0.5, 0.6) is 0 Å². The Balaban J connectivity index is 1.76. The molecule has 4 rings (SSSR count). The summed E-state index contributed by atoms with van der Waals surface area (Å²) < 4.78 is 5.69. The van der Waals surface area contributed by atoms with Crippen molar-refractivity contribution in [3.8, 4) is 0 Å². The first kappa shape index (κ1) is 17.9. The van der Waals surface area contributed by atoms with Crippen LogP contribution in [-0.2, 0) is 19.1 Å². The molecule has 7 atom stereocenters. The summed E-state index contributed by atoms with van der Waals surface area (Å²) in [5, 5.41) is 0. The SMILES string of the molecule is CC(=O)C1CCC2C3CCC4=CC(=O)CCC4(C)C3C(OC=O)CC12C. The number of ether oxygens (including phenoxy) is 1. The van der Waals surface area contributed by atoms with Crippen molar-refractivity contribution in [1.82, 2.24) is 0 Å². The van der Waals surface area contributed by atoms with E-state index in [1.165, 1.54) is 5.57 Å². The lowest BCUT2D eigenvalue weighted by molar-refractivity contribution is -0.166. The number of hydrogen-bond acceptors (Lipinski definition) is 4. The molecule has 0 radical (unpaired) electrons. The fourth-order valence-electron chi connectivity index (χ4n) is 7.52. The van der Waals surface area contributed by atoms with Gasteiger partial charge in [0.1, 0.15) is 11.9 Å². The zero-order chi connectivity index (χ0) is 18.7. The van der Waals surface area contributed by atoms with Crippen molar-refractivity contribution < 1.29 is 19.1 Å². The quantitative estimate of drug-likeness (QED) is 0.719. The highest BCUT2D eigenvalue weighted by molar-refractivity contribution is 5.91. The van der Waals surface area contributed by atoms with Gasteiger partial charge in [-0.05, 0) is 74.2 Å². The molecule has 0 aromatic rings. The molecule has 0 aromatic heterocycles. The molecule has 4 aliphatic carbocycles. The fourth-order valence-corrected chi connectivity index (χ4v) is 7.52. The number of hydrogen-bond donors (Lipinski definition) is 0. The average molecular weight is 358 g/mol. The van der Waals surface area contributed by atoms with Gasteiger partial charge in [0.25, 0.3) is 6.47 Å². The maximum atomic E-state index is 12.3. The summed E-state index contributed by atoms with van der Waals surface area (Å²) >= 11 is 0. The molecule has 0 spiro atoms. The third-order valence-electron chi connectivity index (χ3n) is 8.59. The molecule has 0 saturated heterocycles. The Morgan fingerprint density at radius 1 is 1.23 bits per heavy atom. The van der Waals surface area contributed by atoms with E-state index in [1.807, 2.05) is 6.08 Å². The number of rotatable bonds is 3. The van der Waals surface area contributed by atoms with Crippen molar-refractivity contribution in [3.63, 3.8) is 0 Å². The van der Waals surface area contributed by atoms with Crippen LogP contribution in [0.3, 0.4) is 0 Å². The normalized spacial score (nSPS) is 47.3. The standard InChI is InChI=1S/C22H30O4/c1-13(24)17-6-7-18-16-5-4-14-10-15(25)8-9-21(14,2)20(16)19(26-12-23)11-22(17,18)3/h10,12,16-20H,4-9,11H2,1-3H3. The molecule has 0 aromatic carbocycles. The second-order valence-electron chi connectivity index (χ2n) is 9.61. The molecule has 0 bridgehead atoms. The van der Waals surface area contributed by atoms with Gasteiger partial charge in [-0.3, -0.25) is 14.4 Å². The van der Waals surface area contributed by atoms with Gasteiger partial charge in [0.15, 0.2) is 5.78 Å². The molecule has 0 amide bonds. The van der Waals surface area contributed by atoms with Gasteiger partial charge in [-0.25, -0.2) is 0 Å². The van der Waals surface area contributed by atoms with Crippen LogP contribution < -0.4 is 0 Å². The minimum Gasteiger partial charge on any atom is -0.464 e. The Hall–Kier alpha value is -1.45. The summed E-state index contributed by atoms with van der Waals surface area (Å²) in [5.41, 5.74) is 1.14. The number of carbonyl (C=O) groups is 3. The van der Waals surface area contributed by atoms with Crippen molar-refractivity contribution in [2.45, 2.75) is 71.8 Å². The number of ketones is 2. The summed E-state index contributed by atoms with van der Waals surface area (Å²) in [4.78, 5) is 35.6. The minimum absolute atomic E-state index is 0.0554. The van der Waals surface area contributed by atoms with E-state index in [9.17, 15) is 14.4 Å². The average Bonchev–Trinajstić information content (AvgIpc) is 2.92. The largest absolute Gasteiger partial charge is 0.464 e. The highest BCUT2D eigenvalue weighted by Crippen LogP contribution is 2.67. The third-order valence-corrected chi connectivity index (χ3v) is 8.59. The number of carbonyl (C=O) groups excluding carboxylic acids is 3. The monoisotopic (exact) mass is 358 g/mol. The first-order chi connectivity index (χ1) is 12.3. The van der Waals surface area contributed by atoms with Crippen LogP contribution in [0.25, 0.3) is 0 Å². The topological polar surface area (TPSA) is 60.4 Å². The van der Waals surface area contributed by atoms with E-state index in [1.54, 1.807) is 6.92 Å². The minimum atomic E-state index is -0.152. The van der Waals surface area contributed by atoms with Gasteiger partial charge in [-0.2, -0.15) is 0 Å². The third kappa shape index (κ3) is 2.36. The summed E-state index contributed by atoms with van der Waals surface area (Å²) in [7, 11) is 0. The molecular weight excluding hydrogens is 328 g/mol. The van der Waals surface area contributed by atoms with Crippen molar-refractivity contribution in [3.05, 3.63) is 11.6 Å². The molecule has 142 valence electrons. The molecule has 4 aliphatic rings. The maximum absolute atomic E-state index is 12.3. The van der Waals surface area contributed by atoms with E-state index in [4.69, 9.17) is 4.74 Å². The maximum Gasteiger partial charge on any atom is 0.293 e. The summed E-state index contributed by atoms with van der Waals surface area (Å²) in [6.07, 6.45) is 8.02. The first-order valence-corrected chi connectivity index (χ1v) is 10.1. The van der Waals surface area contributed by atoms with Crippen LogP contribution in [0.15, 0.2) is 11.6 Å². The Morgan fingerprint density at radius 3 is 2.69 bits per heavy atom. The Kier molecular flexibility index (Phi) is 4.16. The molecule has 4 heteroatoms. The molecule has 7 unspecified atom stereocenters. The van der Waals surface area contributed by atoms with Crippen LogP contribution in [-0.4, -0.2) is 24.1 Å². The Morgan fingerprint density at radius 2 is 2.00 bits per heavy atom. The van der Waals surface area contributed by atoms with E-state index in [-0.39, 0.29) is 40.3 Å². The van der Waals surface area contributed by atoms with Gasteiger partial charge in [-0.1, -0.05) is 19.4 Å². The molecule has 3 fully saturated rings. The van der Waals surface area contributed by atoms with Crippen LogP contribution in [0.4, 0.5) is 0 Å². The summed E-state index contributed by atoms with van der Waals surface area (Å²) in [6, 6.07) is 0. The van der Waals surface area contributed by atoms with E-state index in [2.05, 4.69) is 13.8 Å². The second kappa shape index (κ2) is 6.03. The van der Waals surface area contributed by atoms with Crippen LogP contribution >= 0.6 is 0 Å². The van der Waals surface area contributed by atoms with Gasteiger partial charge < -0.3 is 4.74 Å². The zero-order valence-electron chi connectivity index (χ0n) is 16.1. The lowest BCUT2D eigenvalue weighted by Crippen LogP contribution is -2.57. The van der Waals surface area contributed by atoms with Crippen molar-refractivity contribution >= 4 is 18.0 Å². The van der Waals surface area contributed by atoms with Gasteiger partial charge in [0, 0.05) is 18.3 Å². The van der Waals surface area contributed by atoms with E-state index >= 15 is 0 Å². The van der Waals surface area contributed by atoms with Crippen LogP contribution in [0.1, 0.15) is 65.7 Å². The van der Waals surface area contributed by atoms with Gasteiger partial charge >= 0.3 is 0 Å². The molecular formula is C22H30O4. The van der Waals surface area contributed by atoms with E-state index < -0.39 is 0 Å². The molecule has 0 N–H and O–H groups in total. The van der Waals surface area contributed by atoms with Gasteiger partial charge in [0.2, 0.25) is 0 Å². The molecule has 4 nitrogen and oxygen atoms in total. The first-order valence-electron chi connectivity index (χ1n) is 10.1. The molecule has 0 aliphatic heterocycles. The Bertz CT molecular complexity index is 680. The number of Topliss-reactive ketones (excluding diaryl/α,β-unsaturated/α-hetero) is 1. The summed E-state index contributed by atoms with van der Waals surface area (Å²) in [6.45, 7) is 6.85. The van der Waals surface area contributed by atoms with Gasteiger partial charge in [0.05, 0.1) is 0 Å². The predicted molar refractivity (Wildman–Crippen MR) is 97.2 cm³/mol. The molecule has 0 heterocycles. The highest BCUT2D eigenvalue weighted by atomic mass is 16.5.